The van der Waals surface area contributed by atoms with Gasteiger partial charge in [-0.3, -0.25) is 9.59 Å². The van der Waals surface area contributed by atoms with Crippen LogP contribution in [-0.4, -0.2) is 16.1 Å². The highest BCUT2D eigenvalue weighted by Crippen LogP contribution is 2.51. The van der Waals surface area contributed by atoms with Crippen molar-refractivity contribution < 1.29 is 9.59 Å². The zero-order valence-electron chi connectivity index (χ0n) is 41.4. The maximum absolute atomic E-state index is 15.1. The molecule has 1 aliphatic rings. The van der Waals surface area contributed by atoms with Crippen LogP contribution in [0.1, 0.15) is 246 Å². The van der Waals surface area contributed by atoms with E-state index in [1.807, 2.05) is 28.1 Å². The third-order valence-corrected chi connectivity index (χ3v) is 19.0. The summed E-state index contributed by atoms with van der Waals surface area (Å²) in [6.45, 7) is 25.7. The van der Waals surface area contributed by atoms with Crippen molar-refractivity contribution in [2.24, 2.45) is 23.7 Å². The first-order valence-corrected chi connectivity index (χ1v) is 28.3. The van der Waals surface area contributed by atoms with Gasteiger partial charge in [-0.05, 0) is 90.2 Å². The summed E-state index contributed by atoms with van der Waals surface area (Å²) in [7, 11) is 0. The van der Waals surface area contributed by atoms with Crippen LogP contribution in [0.4, 0.5) is 0 Å². The van der Waals surface area contributed by atoms with Gasteiger partial charge in [0.25, 0.3) is 0 Å². The van der Waals surface area contributed by atoms with Gasteiger partial charge in [-0.1, -0.05) is 179 Å². The molecule has 0 N–H and O–H groups in total. The Morgan fingerprint density at radius 3 is 1.49 bits per heavy atom. The molecule has 0 saturated carbocycles. The molecule has 3 nitrogen and oxygen atoms in total. The van der Waals surface area contributed by atoms with E-state index in [0.717, 1.165) is 35.4 Å². The zero-order chi connectivity index (χ0) is 45.4. The first-order valence-electron chi connectivity index (χ1n) is 25.8. The van der Waals surface area contributed by atoms with E-state index in [9.17, 15) is 4.79 Å². The predicted octanol–water partition coefficient (Wildman–Crippen LogP) is 19.0. The second kappa shape index (κ2) is 22.8. The molecule has 0 spiro atoms. The Morgan fingerprint density at radius 2 is 1.02 bits per heavy atom. The van der Waals surface area contributed by atoms with Crippen molar-refractivity contribution in [2.75, 3.05) is 0 Å². The number of thiophene rings is 3. The molecule has 5 aromatic rings. The fourth-order valence-corrected chi connectivity index (χ4v) is 14.3. The van der Waals surface area contributed by atoms with Gasteiger partial charge in [-0.15, -0.1) is 34.0 Å². The molecule has 0 bridgehead atoms. The maximum Gasteiger partial charge on any atom is 0.196 e. The second-order valence-electron chi connectivity index (χ2n) is 20.6. The number of hydrogen-bond acceptors (Lipinski definition) is 5. The van der Waals surface area contributed by atoms with E-state index in [2.05, 4.69) is 105 Å². The van der Waals surface area contributed by atoms with Crippen molar-refractivity contribution in [3.63, 3.8) is 0 Å². The summed E-state index contributed by atoms with van der Waals surface area (Å²) < 4.78 is 5.53. The Morgan fingerprint density at radius 1 is 0.556 bits per heavy atom. The van der Waals surface area contributed by atoms with Crippen LogP contribution in [0.25, 0.3) is 30.2 Å². The smallest absolute Gasteiger partial charge is 0.196 e. The van der Waals surface area contributed by atoms with Gasteiger partial charge in [0, 0.05) is 37.9 Å². The van der Waals surface area contributed by atoms with Crippen molar-refractivity contribution in [3.05, 3.63) is 67.9 Å². The number of unbranched alkanes of at least 4 members (excludes halogenated alkanes) is 4. The summed E-state index contributed by atoms with van der Waals surface area (Å²) in [4.78, 5) is 33.4. The van der Waals surface area contributed by atoms with Crippen LogP contribution in [0.2, 0.25) is 0 Å². The molecular weight excluding hydrogens is 827 g/mol. The lowest BCUT2D eigenvalue weighted by atomic mass is 9.79. The number of benzene rings is 1. The third kappa shape index (κ3) is 11.2. The number of nitrogens with zero attached hydrogens (tertiary/aromatic N) is 1. The van der Waals surface area contributed by atoms with E-state index in [1.54, 1.807) is 11.3 Å². The Labute approximate surface area is 395 Å². The molecule has 4 unspecified atom stereocenters. The highest BCUT2D eigenvalue weighted by atomic mass is 32.1. The van der Waals surface area contributed by atoms with E-state index in [4.69, 9.17) is 0 Å². The predicted molar refractivity (Wildman–Crippen MR) is 279 cm³/mol. The minimum atomic E-state index is 0.0334. The van der Waals surface area contributed by atoms with Gasteiger partial charge < -0.3 is 4.57 Å². The molecule has 0 amide bonds. The Hall–Kier alpha value is -2.54. The van der Waals surface area contributed by atoms with Crippen LogP contribution in [0.5, 0.6) is 0 Å². The van der Waals surface area contributed by atoms with E-state index < -0.39 is 0 Å². The third-order valence-electron chi connectivity index (χ3n) is 15.0. The number of aromatic nitrogens is 1. The van der Waals surface area contributed by atoms with Crippen LogP contribution in [-0.2, 0) is 18.3 Å². The zero-order valence-corrected chi connectivity index (χ0v) is 43.9. The van der Waals surface area contributed by atoms with Gasteiger partial charge in [-0.2, -0.15) is 0 Å². The van der Waals surface area contributed by atoms with Gasteiger partial charge in [0.15, 0.2) is 11.6 Å². The maximum atomic E-state index is 15.1. The van der Waals surface area contributed by atoms with Crippen molar-refractivity contribution in [1.82, 2.24) is 4.57 Å². The topological polar surface area (TPSA) is 39.1 Å². The van der Waals surface area contributed by atoms with Gasteiger partial charge in [0.05, 0.1) is 30.9 Å². The summed E-state index contributed by atoms with van der Waals surface area (Å²) in [5, 5.41) is 2.01. The Bertz CT molecular complexity index is 2250. The normalized spacial score (nSPS) is 15.6. The SMILES string of the molecule is CCCCC(CC)Cc1cc2c(cc1CC(CC)CCCC)C(=O)c1c(csc1-c1cc3c(s1)c1sc(C(C)(C)C)cc1n3C(CC(CC)CCCC)CC(CC)CCCC)C2=O. The van der Waals surface area contributed by atoms with Gasteiger partial charge in [-0.25, -0.2) is 0 Å². The number of hydrogen-bond donors (Lipinski definition) is 0. The molecule has 63 heavy (non-hydrogen) atoms. The molecule has 346 valence electrons. The number of ketones is 2. The average Bonchev–Trinajstić information content (AvgIpc) is 4.07. The van der Waals surface area contributed by atoms with E-state index in [1.165, 1.54) is 139 Å². The molecule has 0 radical (unpaired) electrons. The van der Waals surface area contributed by atoms with Gasteiger partial charge in [0.1, 0.15) is 0 Å². The molecule has 4 aromatic heterocycles. The molecule has 1 aliphatic carbocycles. The van der Waals surface area contributed by atoms with Crippen LogP contribution in [0.3, 0.4) is 0 Å². The van der Waals surface area contributed by atoms with Gasteiger partial charge >= 0.3 is 0 Å². The van der Waals surface area contributed by atoms with Crippen molar-refractivity contribution in [1.29, 1.82) is 0 Å². The van der Waals surface area contributed by atoms with E-state index in [-0.39, 0.29) is 17.0 Å². The highest BCUT2D eigenvalue weighted by Gasteiger charge is 2.36. The molecular formula is C57H83NO2S3. The van der Waals surface area contributed by atoms with Crippen LogP contribution < -0.4 is 0 Å². The number of carbonyl (C=O) groups excluding carboxylic acids is 2. The Kier molecular flexibility index (Phi) is 18.0. The summed E-state index contributed by atoms with van der Waals surface area (Å²) in [6, 6.07) is 9.72. The minimum absolute atomic E-state index is 0.0334. The first kappa shape index (κ1) is 49.9. The van der Waals surface area contributed by atoms with Crippen LogP contribution in [0, 0.1) is 23.7 Å². The van der Waals surface area contributed by atoms with Crippen molar-refractivity contribution >= 4 is 66.0 Å². The van der Waals surface area contributed by atoms with Crippen molar-refractivity contribution in [3.8, 4) is 9.75 Å². The molecule has 4 heterocycles. The monoisotopic (exact) mass is 910 g/mol. The number of fused-ring (bicyclic) bond motifs is 5. The molecule has 0 aliphatic heterocycles. The van der Waals surface area contributed by atoms with E-state index in [0.29, 0.717) is 52.0 Å². The van der Waals surface area contributed by atoms with Crippen LogP contribution in [0.15, 0.2) is 29.6 Å². The lowest BCUT2D eigenvalue weighted by Crippen LogP contribution is -2.22. The molecule has 1 aromatic carbocycles. The fraction of sp³-hybridized carbons (Fsp3) is 0.649. The highest BCUT2D eigenvalue weighted by molar-refractivity contribution is 7.30. The summed E-state index contributed by atoms with van der Waals surface area (Å²) in [6.07, 6.45) is 24.1. The van der Waals surface area contributed by atoms with Crippen LogP contribution >= 0.6 is 34.0 Å². The standard InChI is InChI=1S/C57H83NO2S3/c1-12-20-24-37(16-5)28-41-32-44-45(33-42(41)29-38(17-6)25-21-13-2)53(60)51-46(52(44)59)36-61-56(51)49-34-47-54(62-49)55-48(35-50(63-55)57(9,10)11)58(47)43(30-39(18-7)26-22-14-3)31-40(19-8)27-23-15-4/h32-40,43H,12-31H2,1-11H3. The molecule has 0 saturated heterocycles. The summed E-state index contributed by atoms with van der Waals surface area (Å²) in [5.74, 6) is 2.65. The number of rotatable bonds is 26. The molecule has 6 heteroatoms. The molecule has 6 rings (SSSR count). The first-order chi connectivity index (χ1) is 30.3. The second-order valence-corrected chi connectivity index (χ2v) is 23.6. The van der Waals surface area contributed by atoms with Gasteiger partial charge in [0.2, 0.25) is 0 Å². The average molecular weight is 910 g/mol. The number of carbonyl (C=O) groups is 2. The lowest BCUT2D eigenvalue weighted by Gasteiger charge is -2.29. The van der Waals surface area contributed by atoms with Crippen molar-refractivity contribution in [2.45, 2.75) is 216 Å². The fourth-order valence-electron chi connectivity index (χ4n) is 10.7. The quantitative estimate of drug-likeness (QED) is 0.0544. The van der Waals surface area contributed by atoms with E-state index >= 15 is 4.79 Å². The largest absolute Gasteiger partial charge is 0.336 e. The Balaban J connectivity index is 1.48. The minimum Gasteiger partial charge on any atom is -0.336 e. The molecule has 4 atom stereocenters. The summed E-state index contributed by atoms with van der Waals surface area (Å²) >= 11 is 5.44. The molecule has 0 fully saturated rings. The summed E-state index contributed by atoms with van der Waals surface area (Å²) in [5.41, 5.74) is 7.91. The lowest BCUT2D eigenvalue weighted by molar-refractivity contribution is 0.0980.